The molecule has 34 heavy (non-hydrogen) atoms. The summed E-state index contributed by atoms with van der Waals surface area (Å²) in [5.41, 5.74) is 1.13. The lowest BCUT2D eigenvalue weighted by Gasteiger charge is -2.17. The van der Waals surface area contributed by atoms with Gasteiger partial charge in [0.05, 0.1) is 27.5 Å². The molecule has 0 bridgehead atoms. The number of hydrogen-bond donors (Lipinski definition) is 2. The van der Waals surface area contributed by atoms with Crippen molar-refractivity contribution in [3.8, 4) is 34.6 Å². The largest absolute Gasteiger partial charge is 0.494 e. The van der Waals surface area contributed by atoms with Crippen LogP contribution in [0, 0.1) is 0 Å². The molecule has 0 radical (unpaired) electrons. The van der Waals surface area contributed by atoms with Crippen molar-refractivity contribution in [1.82, 2.24) is 24.7 Å². The monoisotopic (exact) mass is 520 g/mol. The minimum atomic E-state index is -0.799. The van der Waals surface area contributed by atoms with Gasteiger partial charge in [-0.1, -0.05) is 23.7 Å². The van der Waals surface area contributed by atoms with Gasteiger partial charge in [0.25, 0.3) is 0 Å². The predicted octanol–water partition coefficient (Wildman–Crippen LogP) is 4.26. The fourth-order valence-electron chi connectivity index (χ4n) is 3.11. The molecule has 3 aromatic heterocycles. The number of rotatable bonds is 10. The maximum Gasteiger partial charge on any atom is 0.239 e. The molecule has 178 valence electrons. The van der Waals surface area contributed by atoms with Crippen LogP contribution in [0.1, 0.15) is 11.1 Å². The minimum absolute atomic E-state index is 0.298. The van der Waals surface area contributed by atoms with E-state index in [0.29, 0.717) is 55.6 Å². The molecule has 0 aliphatic heterocycles. The summed E-state index contributed by atoms with van der Waals surface area (Å²) in [5.74, 6) is 2.66. The van der Waals surface area contributed by atoms with Crippen LogP contribution in [0.3, 0.4) is 0 Å². The average molecular weight is 521 g/mol. The Hall–Kier alpha value is -3.06. The topological polar surface area (TPSA) is 116 Å². The molecule has 0 spiro atoms. The van der Waals surface area contributed by atoms with Crippen LogP contribution in [0.25, 0.3) is 17.2 Å². The number of pyridine rings is 1. The Kier molecular flexibility index (Phi) is 7.73. The SMILES string of the molecule is COc1cccc(-c2nnc(NSCC(O)c3ncc(Cl)s3)n2-c2c(OC)cccc2OC)n1. The van der Waals surface area contributed by atoms with Crippen molar-refractivity contribution in [1.29, 1.82) is 0 Å². The van der Waals surface area contributed by atoms with Gasteiger partial charge in [-0.25, -0.2) is 9.97 Å². The third-order valence-corrected chi connectivity index (χ3v) is 6.66. The summed E-state index contributed by atoms with van der Waals surface area (Å²) in [7, 11) is 4.69. The second-order valence-electron chi connectivity index (χ2n) is 6.69. The molecule has 1 unspecified atom stereocenters. The molecule has 4 aromatic rings. The zero-order valence-corrected chi connectivity index (χ0v) is 20.8. The van der Waals surface area contributed by atoms with Gasteiger partial charge in [0.15, 0.2) is 5.82 Å². The van der Waals surface area contributed by atoms with E-state index < -0.39 is 6.10 Å². The number of aliphatic hydroxyl groups is 1. The quantitative estimate of drug-likeness (QED) is 0.294. The minimum Gasteiger partial charge on any atom is -0.494 e. The number of halogens is 1. The number of ether oxygens (including phenoxy) is 3. The average Bonchev–Trinajstić information content (AvgIpc) is 3.49. The molecular weight excluding hydrogens is 500 g/mol. The number of methoxy groups -OCH3 is 3. The van der Waals surface area contributed by atoms with Crippen molar-refractivity contribution >= 4 is 40.8 Å². The Morgan fingerprint density at radius 3 is 2.47 bits per heavy atom. The number of para-hydroxylation sites is 1. The van der Waals surface area contributed by atoms with Crippen LogP contribution in [0.2, 0.25) is 4.34 Å². The van der Waals surface area contributed by atoms with E-state index in [-0.39, 0.29) is 0 Å². The third kappa shape index (κ3) is 5.04. The number of aliphatic hydroxyl groups excluding tert-OH is 1. The van der Waals surface area contributed by atoms with E-state index in [2.05, 4.69) is 24.9 Å². The molecule has 13 heteroatoms. The summed E-state index contributed by atoms with van der Waals surface area (Å²) in [4.78, 5) is 8.62. The first kappa shape index (κ1) is 24.1. The van der Waals surface area contributed by atoms with E-state index in [1.807, 2.05) is 24.3 Å². The van der Waals surface area contributed by atoms with Crippen molar-refractivity contribution in [3.63, 3.8) is 0 Å². The van der Waals surface area contributed by atoms with Gasteiger partial charge in [0.2, 0.25) is 11.8 Å². The highest BCUT2D eigenvalue weighted by Crippen LogP contribution is 2.38. The van der Waals surface area contributed by atoms with Crippen molar-refractivity contribution < 1.29 is 19.3 Å². The summed E-state index contributed by atoms with van der Waals surface area (Å²) in [5, 5.41) is 19.6. The number of nitrogens with zero attached hydrogens (tertiary/aromatic N) is 5. The molecule has 10 nitrogen and oxygen atoms in total. The number of anilines is 1. The fourth-order valence-corrected chi connectivity index (χ4v) is 4.79. The normalized spacial score (nSPS) is 11.8. The van der Waals surface area contributed by atoms with Crippen molar-refractivity contribution in [3.05, 3.63) is 51.9 Å². The predicted molar refractivity (Wildman–Crippen MR) is 132 cm³/mol. The van der Waals surface area contributed by atoms with Gasteiger partial charge in [0, 0.05) is 11.8 Å². The van der Waals surface area contributed by atoms with E-state index in [1.165, 1.54) is 29.5 Å². The molecule has 4 rings (SSSR count). The van der Waals surface area contributed by atoms with E-state index in [9.17, 15) is 5.11 Å². The van der Waals surface area contributed by atoms with Crippen LogP contribution in [0.4, 0.5) is 5.95 Å². The molecule has 0 aliphatic carbocycles. The summed E-state index contributed by atoms with van der Waals surface area (Å²) in [6.45, 7) is 0. The van der Waals surface area contributed by atoms with Gasteiger partial charge in [-0.15, -0.1) is 21.5 Å². The Balaban J connectivity index is 1.72. The van der Waals surface area contributed by atoms with Crippen molar-refractivity contribution in [2.45, 2.75) is 6.10 Å². The van der Waals surface area contributed by atoms with Crippen molar-refractivity contribution in [2.75, 3.05) is 31.8 Å². The zero-order valence-electron chi connectivity index (χ0n) is 18.4. The van der Waals surface area contributed by atoms with Gasteiger partial charge in [-0.3, -0.25) is 9.29 Å². The molecule has 0 saturated carbocycles. The first-order chi connectivity index (χ1) is 16.5. The molecule has 0 aliphatic rings. The van der Waals surface area contributed by atoms with E-state index >= 15 is 0 Å². The molecule has 0 saturated heterocycles. The summed E-state index contributed by atoms with van der Waals surface area (Å²) in [6, 6.07) is 10.8. The van der Waals surface area contributed by atoms with Gasteiger partial charge >= 0.3 is 0 Å². The molecule has 0 amide bonds. The Bertz CT molecular complexity index is 1250. The molecule has 2 N–H and O–H groups in total. The summed E-state index contributed by atoms with van der Waals surface area (Å²) in [6.07, 6.45) is 0.715. The van der Waals surface area contributed by atoms with Crippen molar-refractivity contribution in [2.24, 2.45) is 0 Å². The highest BCUT2D eigenvalue weighted by Gasteiger charge is 2.24. The lowest BCUT2D eigenvalue weighted by Crippen LogP contribution is -2.08. The molecule has 1 aromatic carbocycles. The highest BCUT2D eigenvalue weighted by atomic mass is 35.5. The smallest absolute Gasteiger partial charge is 0.239 e. The maximum atomic E-state index is 10.4. The molecule has 1 atom stereocenters. The third-order valence-electron chi connectivity index (χ3n) is 4.64. The highest BCUT2D eigenvalue weighted by molar-refractivity contribution is 8.00. The zero-order chi connectivity index (χ0) is 24.1. The van der Waals surface area contributed by atoms with Crippen LogP contribution in [0.15, 0.2) is 42.6 Å². The number of benzene rings is 1. The summed E-state index contributed by atoms with van der Waals surface area (Å²) >= 11 is 8.40. The van der Waals surface area contributed by atoms with Gasteiger partial charge in [-0.2, -0.15) is 0 Å². The van der Waals surface area contributed by atoms with Gasteiger partial charge < -0.3 is 19.3 Å². The Labute approximate surface area is 209 Å². The van der Waals surface area contributed by atoms with Crippen LogP contribution in [-0.2, 0) is 0 Å². The lowest BCUT2D eigenvalue weighted by atomic mass is 10.2. The van der Waals surface area contributed by atoms with Crippen LogP contribution >= 0.6 is 34.9 Å². The van der Waals surface area contributed by atoms with E-state index in [4.69, 9.17) is 25.8 Å². The van der Waals surface area contributed by atoms with E-state index in [1.54, 1.807) is 38.0 Å². The number of thiazole rings is 1. The molecular formula is C21H21ClN6O4S2. The number of nitrogens with one attached hydrogen (secondary N) is 1. The molecule has 3 heterocycles. The number of hydrogen-bond acceptors (Lipinski definition) is 11. The lowest BCUT2D eigenvalue weighted by molar-refractivity contribution is 0.203. The first-order valence-electron chi connectivity index (χ1n) is 9.91. The van der Waals surface area contributed by atoms with Crippen LogP contribution < -0.4 is 18.9 Å². The van der Waals surface area contributed by atoms with Crippen LogP contribution in [-0.4, -0.2) is 56.9 Å². The fraction of sp³-hybridized carbons (Fsp3) is 0.238. The van der Waals surface area contributed by atoms with E-state index in [0.717, 1.165) is 0 Å². The first-order valence-corrected chi connectivity index (χ1v) is 12.1. The van der Waals surface area contributed by atoms with Gasteiger partial charge in [-0.05, 0) is 30.1 Å². The maximum absolute atomic E-state index is 10.4. The second kappa shape index (κ2) is 10.9. The standard InChI is InChI=1S/C21H21ClN6O4S2/c1-30-14-7-5-8-15(31-2)18(14)28-19(12-6-4-9-17(24-12)32-3)25-26-21(28)27-33-11-13(29)20-23-10-16(22)34-20/h4-10,13,29H,11H2,1-3H3,(H,26,27). The Morgan fingerprint density at radius 2 is 1.82 bits per heavy atom. The van der Waals surface area contributed by atoms with Crippen LogP contribution in [0.5, 0.6) is 17.4 Å². The summed E-state index contributed by atoms with van der Waals surface area (Å²) < 4.78 is 21.9. The second-order valence-corrected chi connectivity index (χ2v) is 9.21. The Morgan fingerprint density at radius 1 is 1.09 bits per heavy atom. The molecule has 0 fully saturated rings. The number of aromatic nitrogens is 5. The van der Waals surface area contributed by atoms with Gasteiger partial charge in [0.1, 0.15) is 38.3 Å².